The van der Waals surface area contributed by atoms with Crippen molar-refractivity contribution in [3.05, 3.63) is 63.6 Å². The average Bonchev–Trinajstić information content (AvgIpc) is 2.75. The Morgan fingerprint density at radius 3 is 2.42 bits per heavy atom. The van der Waals surface area contributed by atoms with Crippen LogP contribution in [0.1, 0.15) is 29.5 Å². The summed E-state index contributed by atoms with van der Waals surface area (Å²) in [5.74, 6) is 0.573. The van der Waals surface area contributed by atoms with Crippen molar-refractivity contribution in [3.8, 4) is 5.75 Å². The Bertz CT molecular complexity index is 1000. The van der Waals surface area contributed by atoms with Gasteiger partial charge in [-0.2, -0.15) is 0 Å². The second-order valence-corrected chi connectivity index (χ2v) is 10.8. The number of hydrogen-bond donors (Lipinski definition) is 1. The number of hydrogen-bond acceptors (Lipinski definition) is 4. The van der Waals surface area contributed by atoms with Gasteiger partial charge in [-0.15, -0.1) is 0 Å². The predicted octanol–water partition coefficient (Wildman–Crippen LogP) is 3.80. The van der Waals surface area contributed by atoms with Crippen LogP contribution in [0, 0.1) is 19.8 Å². The molecule has 3 rings (SSSR count). The number of ether oxygens (including phenoxy) is 1. The molecule has 1 amide bonds. The van der Waals surface area contributed by atoms with Gasteiger partial charge in [-0.05, 0) is 67.6 Å². The molecule has 31 heavy (non-hydrogen) atoms. The van der Waals surface area contributed by atoms with Crippen LogP contribution in [0.3, 0.4) is 0 Å². The van der Waals surface area contributed by atoms with Gasteiger partial charge in [-0.25, -0.2) is 12.7 Å². The number of aryl methyl sites for hydroxylation is 2. The summed E-state index contributed by atoms with van der Waals surface area (Å²) in [5.41, 5.74) is 3.14. The van der Waals surface area contributed by atoms with Crippen LogP contribution in [0.15, 0.2) is 46.9 Å². The summed E-state index contributed by atoms with van der Waals surface area (Å²) in [4.78, 5) is 12.4. The van der Waals surface area contributed by atoms with E-state index in [9.17, 15) is 13.2 Å². The van der Waals surface area contributed by atoms with Crippen LogP contribution >= 0.6 is 15.9 Å². The van der Waals surface area contributed by atoms with Gasteiger partial charge in [0.05, 0.1) is 12.3 Å². The highest BCUT2D eigenvalue weighted by molar-refractivity contribution is 9.10. The van der Waals surface area contributed by atoms with Crippen molar-refractivity contribution in [1.29, 1.82) is 0 Å². The molecule has 8 heteroatoms. The van der Waals surface area contributed by atoms with E-state index in [1.54, 1.807) is 0 Å². The van der Waals surface area contributed by atoms with Gasteiger partial charge in [0.15, 0.2) is 0 Å². The molecule has 2 aromatic rings. The Balaban J connectivity index is 1.40. The first kappa shape index (κ1) is 23.8. The minimum Gasteiger partial charge on any atom is -0.492 e. The third-order valence-electron chi connectivity index (χ3n) is 5.63. The Labute approximate surface area is 193 Å². The van der Waals surface area contributed by atoms with Crippen molar-refractivity contribution in [3.63, 3.8) is 0 Å². The molecule has 1 saturated heterocycles. The highest BCUT2D eigenvalue weighted by Crippen LogP contribution is 2.22. The highest BCUT2D eigenvalue weighted by Gasteiger charge is 2.31. The van der Waals surface area contributed by atoms with Gasteiger partial charge in [0.1, 0.15) is 12.4 Å². The Hall–Kier alpha value is -1.90. The number of halogens is 1. The summed E-state index contributed by atoms with van der Waals surface area (Å²) in [6.07, 6.45) is 1.06. The fourth-order valence-corrected chi connectivity index (χ4v) is 5.40. The topological polar surface area (TPSA) is 75.7 Å². The van der Waals surface area contributed by atoms with E-state index in [4.69, 9.17) is 4.74 Å². The number of piperidine rings is 1. The fourth-order valence-electron chi connectivity index (χ4n) is 3.57. The lowest BCUT2D eigenvalue weighted by atomic mass is 9.97. The third kappa shape index (κ3) is 6.79. The number of amides is 1. The van der Waals surface area contributed by atoms with E-state index < -0.39 is 10.0 Å². The number of nitrogens with zero attached hydrogens (tertiary/aromatic N) is 1. The average molecular weight is 509 g/mol. The molecular formula is C23H29BrN2O4S. The minimum absolute atomic E-state index is 0.0209. The maximum absolute atomic E-state index is 12.7. The molecule has 0 saturated carbocycles. The Morgan fingerprint density at radius 2 is 1.77 bits per heavy atom. The predicted molar refractivity (Wildman–Crippen MR) is 125 cm³/mol. The first-order chi connectivity index (χ1) is 14.7. The number of sulfonamides is 1. The van der Waals surface area contributed by atoms with Crippen LogP contribution in [0.25, 0.3) is 0 Å². The Kier molecular flexibility index (Phi) is 8.13. The smallest absolute Gasteiger partial charge is 0.223 e. The summed E-state index contributed by atoms with van der Waals surface area (Å²) in [5, 5.41) is 2.91. The van der Waals surface area contributed by atoms with E-state index in [2.05, 4.69) is 28.2 Å². The number of carbonyl (C=O) groups excluding carboxylic acids is 1. The van der Waals surface area contributed by atoms with E-state index in [1.807, 2.05) is 49.4 Å². The summed E-state index contributed by atoms with van der Waals surface area (Å²) < 4.78 is 33.5. The van der Waals surface area contributed by atoms with Crippen molar-refractivity contribution in [2.24, 2.45) is 5.92 Å². The molecule has 0 spiro atoms. The lowest BCUT2D eigenvalue weighted by Crippen LogP contribution is -2.43. The first-order valence-corrected chi connectivity index (χ1v) is 12.8. The third-order valence-corrected chi connectivity index (χ3v) is 8.01. The van der Waals surface area contributed by atoms with E-state index in [1.165, 1.54) is 15.4 Å². The largest absolute Gasteiger partial charge is 0.492 e. The number of benzene rings is 2. The fraction of sp³-hybridized carbons (Fsp3) is 0.435. The van der Waals surface area contributed by atoms with E-state index in [0.717, 1.165) is 15.8 Å². The zero-order chi connectivity index (χ0) is 22.4. The van der Waals surface area contributed by atoms with Gasteiger partial charge in [-0.1, -0.05) is 34.1 Å². The molecule has 168 valence electrons. The second-order valence-electron chi connectivity index (χ2n) is 7.94. The monoisotopic (exact) mass is 508 g/mol. The summed E-state index contributed by atoms with van der Waals surface area (Å²) in [6, 6.07) is 13.2. The van der Waals surface area contributed by atoms with E-state index >= 15 is 0 Å². The van der Waals surface area contributed by atoms with Crippen molar-refractivity contribution in [2.75, 3.05) is 26.2 Å². The highest BCUT2D eigenvalue weighted by atomic mass is 79.9. The van der Waals surface area contributed by atoms with Gasteiger partial charge in [0, 0.05) is 23.5 Å². The van der Waals surface area contributed by atoms with Crippen LogP contribution in [-0.4, -0.2) is 44.9 Å². The standard InChI is InChI=1S/C23H29BrN2O4S/c1-17-3-8-22(15-18(17)2)30-14-11-25-23(27)20-9-12-26(13-10-20)31(28,29)16-19-4-6-21(24)7-5-19/h3-8,15,20H,9-14,16H2,1-2H3,(H,25,27). The van der Waals surface area contributed by atoms with Crippen LogP contribution < -0.4 is 10.1 Å². The SMILES string of the molecule is Cc1ccc(OCCNC(=O)C2CCN(S(=O)(=O)Cc3ccc(Br)cc3)CC2)cc1C. The quantitative estimate of drug-likeness (QED) is 0.550. The first-order valence-electron chi connectivity index (χ1n) is 10.4. The van der Waals surface area contributed by atoms with Crippen LogP contribution in [0.2, 0.25) is 0 Å². The van der Waals surface area contributed by atoms with Crippen molar-refractivity contribution >= 4 is 31.9 Å². The zero-order valence-electron chi connectivity index (χ0n) is 17.9. The lowest BCUT2D eigenvalue weighted by Gasteiger charge is -2.30. The molecule has 0 bridgehead atoms. The van der Waals surface area contributed by atoms with Crippen LogP contribution in [0.4, 0.5) is 0 Å². The van der Waals surface area contributed by atoms with Gasteiger partial charge < -0.3 is 10.1 Å². The molecular weight excluding hydrogens is 480 g/mol. The molecule has 0 aromatic heterocycles. The number of rotatable bonds is 8. The molecule has 1 aliphatic rings. The number of nitrogens with one attached hydrogen (secondary N) is 1. The van der Waals surface area contributed by atoms with Crippen molar-refractivity contribution < 1.29 is 17.9 Å². The zero-order valence-corrected chi connectivity index (χ0v) is 20.3. The summed E-state index contributed by atoms with van der Waals surface area (Å²) in [7, 11) is -3.39. The van der Waals surface area contributed by atoms with Crippen molar-refractivity contribution in [1.82, 2.24) is 9.62 Å². The Morgan fingerprint density at radius 1 is 1.10 bits per heavy atom. The summed E-state index contributed by atoms with van der Waals surface area (Å²) >= 11 is 3.36. The molecule has 1 aliphatic heterocycles. The maximum atomic E-state index is 12.7. The van der Waals surface area contributed by atoms with E-state index in [0.29, 0.717) is 39.1 Å². The van der Waals surface area contributed by atoms with Gasteiger partial charge in [0.2, 0.25) is 15.9 Å². The molecule has 1 fully saturated rings. The molecule has 0 aliphatic carbocycles. The van der Waals surface area contributed by atoms with Gasteiger partial charge in [0.25, 0.3) is 0 Å². The molecule has 2 aromatic carbocycles. The molecule has 1 heterocycles. The molecule has 0 unspecified atom stereocenters. The molecule has 0 atom stereocenters. The molecule has 0 radical (unpaired) electrons. The van der Waals surface area contributed by atoms with E-state index in [-0.39, 0.29) is 17.6 Å². The molecule has 6 nitrogen and oxygen atoms in total. The normalized spacial score (nSPS) is 15.6. The lowest BCUT2D eigenvalue weighted by molar-refractivity contribution is -0.126. The molecule has 1 N–H and O–H groups in total. The van der Waals surface area contributed by atoms with Crippen molar-refractivity contribution in [2.45, 2.75) is 32.4 Å². The maximum Gasteiger partial charge on any atom is 0.223 e. The van der Waals surface area contributed by atoms with Gasteiger partial charge in [-0.3, -0.25) is 4.79 Å². The number of carbonyl (C=O) groups is 1. The minimum atomic E-state index is -3.39. The van der Waals surface area contributed by atoms with Gasteiger partial charge >= 0.3 is 0 Å². The van der Waals surface area contributed by atoms with Crippen LogP contribution in [-0.2, 0) is 20.6 Å². The summed E-state index contributed by atoms with van der Waals surface area (Å²) in [6.45, 7) is 5.65. The second kappa shape index (κ2) is 10.6. The van der Waals surface area contributed by atoms with Crippen LogP contribution in [0.5, 0.6) is 5.75 Å².